The lowest BCUT2D eigenvalue weighted by Crippen LogP contribution is -2.44. The summed E-state index contributed by atoms with van der Waals surface area (Å²) in [6, 6.07) is 0.479. The zero-order chi connectivity index (χ0) is 12.0. The van der Waals surface area contributed by atoms with Crippen molar-refractivity contribution in [3.63, 3.8) is 0 Å². The molecule has 2 atom stereocenters. The van der Waals surface area contributed by atoms with Gasteiger partial charge < -0.3 is 4.74 Å². The van der Waals surface area contributed by atoms with E-state index in [0.29, 0.717) is 18.1 Å². The van der Waals surface area contributed by atoms with E-state index in [4.69, 9.17) is 10.6 Å². The van der Waals surface area contributed by atoms with Gasteiger partial charge in [0.15, 0.2) is 0 Å². The summed E-state index contributed by atoms with van der Waals surface area (Å²) in [7, 11) is 0. The molecule has 1 aliphatic carbocycles. The number of hydrogen-bond acceptors (Lipinski definition) is 3. The van der Waals surface area contributed by atoms with Crippen molar-refractivity contribution >= 4 is 0 Å². The molecule has 0 aromatic rings. The van der Waals surface area contributed by atoms with Crippen LogP contribution >= 0.6 is 0 Å². The summed E-state index contributed by atoms with van der Waals surface area (Å²) in [6.07, 6.45) is 6.69. The molecular weight excluding hydrogens is 200 g/mol. The van der Waals surface area contributed by atoms with Crippen LogP contribution in [0.25, 0.3) is 0 Å². The van der Waals surface area contributed by atoms with E-state index in [1.807, 2.05) is 0 Å². The molecule has 3 nitrogen and oxygen atoms in total. The fourth-order valence-corrected chi connectivity index (χ4v) is 2.72. The predicted molar refractivity (Wildman–Crippen MR) is 67.9 cm³/mol. The number of ether oxygens (including phenoxy) is 1. The van der Waals surface area contributed by atoms with Gasteiger partial charge in [0.05, 0.1) is 6.10 Å². The smallest absolute Gasteiger partial charge is 0.0580 e. The van der Waals surface area contributed by atoms with Gasteiger partial charge in [-0.25, -0.2) is 0 Å². The van der Waals surface area contributed by atoms with E-state index in [2.05, 4.69) is 26.2 Å². The number of nitrogens with one attached hydrogen (secondary N) is 1. The largest absolute Gasteiger partial charge is 0.378 e. The molecule has 0 aromatic carbocycles. The van der Waals surface area contributed by atoms with Crippen LogP contribution in [0, 0.1) is 11.8 Å². The van der Waals surface area contributed by atoms with E-state index in [1.165, 1.54) is 32.1 Å². The van der Waals surface area contributed by atoms with Crippen molar-refractivity contribution in [2.45, 2.75) is 65.0 Å². The third-order valence-electron chi connectivity index (χ3n) is 3.83. The van der Waals surface area contributed by atoms with Crippen molar-refractivity contribution in [2.24, 2.45) is 17.7 Å². The lowest BCUT2D eigenvalue weighted by molar-refractivity contribution is -0.0306. The van der Waals surface area contributed by atoms with Crippen LogP contribution in [0.5, 0.6) is 0 Å². The molecule has 1 rings (SSSR count). The summed E-state index contributed by atoms with van der Waals surface area (Å²) in [5.41, 5.74) is 2.99. The first-order valence-corrected chi connectivity index (χ1v) is 6.78. The van der Waals surface area contributed by atoms with Gasteiger partial charge >= 0.3 is 0 Å². The normalized spacial score (nSPS) is 28.5. The first-order valence-electron chi connectivity index (χ1n) is 6.78. The zero-order valence-corrected chi connectivity index (χ0v) is 11.0. The minimum absolute atomic E-state index is 0.479. The van der Waals surface area contributed by atoms with Crippen LogP contribution in [-0.4, -0.2) is 18.8 Å². The summed E-state index contributed by atoms with van der Waals surface area (Å²) in [4.78, 5) is 0. The number of nitrogens with two attached hydrogens (primary N) is 1. The maximum absolute atomic E-state index is 5.64. The molecule has 2 unspecified atom stereocenters. The van der Waals surface area contributed by atoms with Gasteiger partial charge in [0.25, 0.3) is 0 Å². The van der Waals surface area contributed by atoms with Crippen LogP contribution in [-0.2, 0) is 4.74 Å². The minimum atomic E-state index is 0.479. The standard InChI is InChI=1S/C13H28N2O/c1-4-6-10(3)13(15-14)9-11-7-12(8-11)16-5-2/h10-13,15H,4-9,14H2,1-3H3. The van der Waals surface area contributed by atoms with Crippen LogP contribution in [0.3, 0.4) is 0 Å². The molecule has 0 amide bonds. The Labute approximate surface area is 100 Å². The molecule has 1 saturated carbocycles. The fraction of sp³-hybridized carbons (Fsp3) is 1.00. The lowest BCUT2D eigenvalue weighted by Gasteiger charge is -2.38. The second kappa shape index (κ2) is 7.25. The van der Waals surface area contributed by atoms with Crippen molar-refractivity contribution in [3.8, 4) is 0 Å². The van der Waals surface area contributed by atoms with Gasteiger partial charge in [-0.3, -0.25) is 11.3 Å². The van der Waals surface area contributed by atoms with E-state index in [1.54, 1.807) is 0 Å². The SMILES string of the molecule is CCCC(C)C(CC1CC(OCC)C1)NN. The molecule has 3 heteroatoms. The van der Waals surface area contributed by atoms with Gasteiger partial charge in [0, 0.05) is 12.6 Å². The third-order valence-corrected chi connectivity index (χ3v) is 3.83. The topological polar surface area (TPSA) is 47.3 Å². The molecule has 0 radical (unpaired) electrons. The Kier molecular flexibility index (Phi) is 6.32. The molecule has 0 aliphatic heterocycles. The fourth-order valence-electron chi connectivity index (χ4n) is 2.72. The van der Waals surface area contributed by atoms with E-state index in [0.717, 1.165) is 12.5 Å². The molecule has 1 fully saturated rings. The summed E-state index contributed by atoms with van der Waals surface area (Å²) in [5, 5.41) is 0. The number of hydrogen-bond donors (Lipinski definition) is 2. The van der Waals surface area contributed by atoms with E-state index in [9.17, 15) is 0 Å². The predicted octanol–water partition coefficient (Wildman–Crippen LogP) is 2.46. The first kappa shape index (κ1) is 13.9. The molecule has 16 heavy (non-hydrogen) atoms. The Morgan fingerprint density at radius 2 is 2.06 bits per heavy atom. The van der Waals surface area contributed by atoms with Gasteiger partial charge in [-0.1, -0.05) is 20.3 Å². The average molecular weight is 228 g/mol. The highest BCUT2D eigenvalue weighted by atomic mass is 16.5. The van der Waals surface area contributed by atoms with E-state index in [-0.39, 0.29) is 0 Å². The summed E-state index contributed by atoms with van der Waals surface area (Å²) in [6.45, 7) is 7.45. The number of hydrazine groups is 1. The maximum Gasteiger partial charge on any atom is 0.0580 e. The van der Waals surface area contributed by atoms with Crippen molar-refractivity contribution in [3.05, 3.63) is 0 Å². The third kappa shape index (κ3) is 4.04. The molecule has 0 spiro atoms. The van der Waals surface area contributed by atoms with Crippen molar-refractivity contribution in [1.82, 2.24) is 5.43 Å². The highest BCUT2D eigenvalue weighted by molar-refractivity contribution is 4.85. The molecule has 0 bridgehead atoms. The number of rotatable bonds is 8. The Morgan fingerprint density at radius 3 is 2.56 bits per heavy atom. The molecule has 0 aromatic heterocycles. The molecule has 3 N–H and O–H groups in total. The molecule has 0 heterocycles. The van der Waals surface area contributed by atoms with Gasteiger partial charge in [-0.15, -0.1) is 0 Å². The van der Waals surface area contributed by atoms with Gasteiger partial charge in [-0.05, 0) is 44.4 Å². The van der Waals surface area contributed by atoms with Crippen LogP contribution in [0.2, 0.25) is 0 Å². The Bertz CT molecular complexity index is 181. The Balaban J connectivity index is 2.20. The summed E-state index contributed by atoms with van der Waals surface area (Å²) >= 11 is 0. The zero-order valence-electron chi connectivity index (χ0n) is 11.0. The van der Waals surface area contributed by atoms with Crippen LogP contribution in [0.1, 0.15) is 52.9 Å². The second-order valence-electron chi connectivity index (χ2n) is 5.19. The van der Waals surface area contributed by atoms with E-state index >= 15 is 0 Å². The quantitative estimate of drug-likeness (QED) is 0.495. The van der Waals surface area contributed by atoms with Crippen LogP contribution in [0.4, 0.5) is 0 Å². The Hall–Kier alpha value is -0.120. The monoisotopic (exact) mass is 228 g/mol. The molecule has 1 aliphatic rings. The maximum atomic E-state index is 5.64. The minimum Gasteiger partial charge on any atom is -0.378 e. The summed E-state index contributed by atoms with van der Waals surface area (Å²) < 4.78 is 5.58. The highest BCUT2D eigenvalue weighted by Gasteiger charge is 2.32. The Morgan fingerprint density at radius 1 is 1.38 bits per heavy atom. The second-order valence-corrected chi connectivity index (χ2v) is 5.19. The van der Waals surface area contributed by atoms with Crippen LogP contribution in [0.15, 0.2) is 0 Å². The van der Waals surface area contributed by atoms with Gasteiger partial charge in [0.1, 0.15) is 0 Å². The van der Waals surface area contributed by atoms with E-state index < -0.39 is 0 Å². The van der Waals surface area contributed by atoms with Crippen LogP contribution < -0.4 is 11.3 Å². The first-order chi connectivity index (χ1) is 7.71. The molecule has 0 saturated heterocycles. The van der Waals surface area contributed by atoms with Crippen molar-refractivity contribution in [1.29, 1.82) is 0 Å². The molecular formula is C13H28N2O. The lowest BCUT2D eigenvalue weighted by atomic mass is 9.76. The molecule has 96 valence electrons. The van der Waals surface area contributed by atoms with Gasteiger partial charge in [-0.2, -0.15) is 0 Å². The average Bonchev–Trinajstić information content (AvgIpc) is 2.21. The van der Waals surface area contributed by atoms with Crippen molar-refractivity contribution in [2.75, 3.05) is 6.61 Å². The van der Waals surface area contributed by atoms with Crippen molar-refractivity contribution < 1.29 is 4.74 Å². The highest BCUT2D eigenvalue weighted by Crippen LogP contribution is 2.34. The van der Waals surface area contributed by atoms with Gasteiger partial charge in [0.2, 0.25) is 0 Å². The summed E-state index contributed by atoms with van der Waals surface area (Å²) in [5.74, 6) is 7.14.